The molecule has 1 fully saturated rings. The fraction of sp³-hybridized carbons (Fsp3) is 0.617. The second kappa shape index (κ2) is 36.3. The van der Waals surface area contributed by atoms with Gasteiger partial charge in [0.05, 0.1) is 6.61 Å². The summed E-state index contributed by atoms with van der Waals surface area (Å²) in [7, 11) is -5.15. The fourth-order valence-electron chi connectivity index (χ4n) is 5.86. The molecule has 13 nitrogen and oxygen atoms in total. The van der Waals surface area contributed by atoms with Crippen molar-refractivity contribution in [2.45, 2.75) is 172 Å². The number of esters is 2. The quantitative estimate of drug-likeness (QED) is 0.0156. The van der Waals surface area contributed by atoms with Crippen LogP contribution < -0.4 is 0 Å². The molecular formula is C47H75O13P. The summed E-state index contributed by atoms with van der Waals surface area (Å²) in [5.74, 6) is -1.22. The van der Waals surface area contributed by atoms with E-state index in [-0.39, 0.29) is 12.8 Å². The standard InChI is InChI=1S/C47H75O13P/c1-3-5-7-9-11-13-15-17-19-20-22-23-25-27-29-31-33-35-40(48)57-37-39(38-58-61(55,56)60-47-45(53)43(51)42(50)44(52)46(47)54)59-41(49)36-34-32-30-28-26-24-21-18-16-14-12-10-8-6-4-2/h5,7,11-14,17-19,21-23,26-29,39,42-47,50-54H,3-4,6,8-10,15-16,20,24-25,30-38H2,1-2H3,(H,55,56)/b7-5+,13-11+,14-12+,19-17+,21-18+,23-22+,28-26+,29-27+/t39-,42?,43-,44?,45?,46?,47?/m0/s1. The molecule has 1 saturated carbocycles. The Bertz CT molecular complexity index is 1430. The van der Waals surface area contributed by atoms with Crippen LogP contribution in [0.4, 0.5) is 0 Å². The number of allylic oxidation sites excluding steroid dienone is 16. The van der Waals surface area contributed by atoms with Crippen LogP contribution in [0, 0.1) is 0 Å². The number of hydrogen-bond acceptors (Lipinski definition) is 12. The highest BCUT2D eigenvalue weighted by atomic mass is 31.2. The van der Waals surface area contributed by atoms with E-state index in [4.69, 9.17) is 18.5 Å². The summed E-state index contributed by atoms with van der Waals surface area (Å²) in [6, 6.07) is 0. The molecule has 0 aromatic carbocycles. The summed E-state index contributed by atoms with van der Waals surface area (Å²) in [5, 5.41) is 50.1. The van der Waals surface area contributed by atoms with Crippen LogP contribution in [0.25, 0.3) is 0 Å². The van der Waals surface area contributed by atoms with E-state index in [0.717, 1.165) is 57.8 Å². The summed E-state index contributed by atoms with van der Waals surface area (Å²) in [5.41, 5.74) is 0. The van der Waals surface area contributed by atoms with E-state index in [1.807, 2.05) is 18.2 Å². The lowest BCUT2D eigenvalue weighted by Gasteiger charge is -2.41. The van der Waals surface area contributed by atoms with E-state index in [0.29, 0.717) is 25.7 Å². The highest BCUT2D eigenvalue weighted by Gasteiger charge is 2.51. The van der Waals surface area contributed by atoms with Crippen LogP contribution >= 0.6 is 7.82 Å². The molecule has 0 radical (unpaired) electrons. The molecule has 1 aliphatic rings. The molecule has 0 spiro atoms. The molecular weight excluding hydrogens is 803 g/mol. The third kappa shape index (κ3) is 28.9. The maximum Gasteiger partial charge on any atom is 0.472 e. The first-order valence-electron chi connectivity index (χ1n) is 22.0. The van der Waals surface area contributed by atoms with E-state index in [2.05, 4.69) is 92.8 Å². The van der Waals surface area contributed by atoms with E-state index in [1.165, 1.54) is 19.3 Å². The lowest BCUT2D eigenvalue weighted by molar-refractivity contribution is -0.220. The number of aliphatic hydroxyl groups is 5. The van der Waals surface area contributed by atoms with Gasteiger partial charge in [0.25, 0.3) is 0 Å². The van der Waals surface area contributed by atoms with Crippen molar-refractivity contribution in [1.29, 1.82) is 0 Å². The molecule has 0 aliphatic heterocycles. The molecule has 0 heterocycles. The molecule has 1 aliphatic carbocycles. The summed E-state index contributed by atoms with van der Waals surface area (Å²) in [6.07, 6.45) is 34.7. The van der Waals surface area contributed by atoms with Crippen LogP contribution in [-0.4, -0.2) is 98.3 Å². The average molecular weight is 879 g/mol. The van der Waals surface area contributed by atoms with Crippen LogP contribution in [-0.2, 0) is 32.7 Å². The maximum atomic E-state index is 12.8. The van der Waals surface area contributed by atoms with Crippen molar-refractivity contribution < 1.29 is 63.1 Å². The van der Waals surface area contributed by atoms with Crippen molar-refractivity contribution >= 4 is 19.8 Å². The predicted molar refractivity (Wildman–Crippen MR) is 239 cm³/mol. The van der Waals surface area contributed by atoms with Gasteiger partial charge < -0.3 is 39.9 Å². The molecule has 0 aromatic heterocycles. The first-order valence-corrected chi connectivity index (χ1v) is 23.5. The summed E-state index contributed by atoms with van der Waals surface area (Å²) < 4.78 is 33.4. The molecule has 0 aromatic rings. The number of aliphatic hydroxyl groups excluding tert-OH is 5. The van der Waals surface area contributed by atoms with E-state index in [1.54, 1.807) is 0 Å². The number of rotatable bonds is 34. The SMILES string of the molecule is CC/C=C/C/C=C/C/C=C/C/C=C/C/C=C/CCCC(=O)OC[C@@H](COP(=O)(O)OC1C(O)C(O)C(O)[C@H](O)C1O)OC(=O)CCCC/C=C/C/C=C/C/C=C/CCCCC. The Kier molecular flexibility index (Phi) is 33.2. The summed E-state index contributed by atoms with van der Waals surface area (Å²) in [4.78, 5) is 35.6. The number of phosphoric acid groups is 1. The molecule has 14 heteroatoms. The van der Waals surface area contributed by atoms with E-state index in [9.17, 15) is 44.6 Å². The van der Waals surface area contributed by atoms with Crippen molar-refractivity contribution in [3.05, 3.63) is 97.2 Å². The van der Waals surface area contributed by atoms with Crippen molar-refractivity contribution in [2.24, 2.45) is 0 Å². The minimum absolute atomic E-state index is 0.0296. The smallest absolute Gasteiger partial charge is 0.462 e. The Balaban J connectivity index is 2.57. The number of carbonyl (C=O) groups is 2. The van der Waals surface area contributed by atoms with Crippen LogP contribution in [0.15, 0.2) is 97.2 Å². The number of carbonyl (C=O) groups excluding carboxylic acids is 2. The molecule has 8 atom stereocenters. The molecule has 346 valence electrons. The molecule has 0 amide bonds. The fourth-order valence-corrected chi connectivity index (χ4v) is 6.83. The zero-order valence-electron chi connectivity index (χ0n) is 36.4. The Morgan fingerprint density at radius 3 is 1.41 bits per heavy atom. The minimum Gasteiger partial charge on any atom is -0.462 e. The van der Waals surface area contributed by atoms with Crippen LogP contribution in [0.5, 0.6) is 0 Å². The second-order valence-corrected chi connectivity index (χ2v) is 16.2. The topological polar surface area (TPSA) is 210 Å². The van der Waals surface area contributed by atoms with Gasteiger partial charge in [-0.05, 0) is 89.9 Å². The molecule has 0 bridgehead atoms. The van der Waals surface area contributed by atoms with Gasteiger partial charge in [-0.2, -0.15) is 0 Å². The van der Waals surface area contributed by atoms with Gasteiger partial charge >= 0.3 is 19.8 Å². The number of phosphoric ester groups is 1. The van der Waals surface area contributed by atoms with Crippen molar-refractivity contribution in [2.75, 3.05) is 13.2 Å². The zero-order valence-corrected chi connectivity index (χ0v) is 37.3. The van der Waals surface area contributed by atoms with Gasteiger partial charge in [-0.15, -0.1) is 0 Å². The average Bonchev–Trinajstić information content (AvgIpc) is 3.24. The normalized spacial score (nSPS) is 23.0. The Labute approximate surface area is 364 Å². The van der Waals surface area contributed by atoms with Crippen molar-refractivity contribution in [1.82, 2.24) is 0 Å². The number of hydrogen-bond donors (Lipinski definition) is 6. The van der Waals surface area contributed by atoms with Gasteiger partial charge in [-0.25, -0.2) is 4.57 Å². The number of unbranched alkanes of at least 4 members (excludes halogenated alkanes) is 6. The van der Waals surface area contributed by atoms with Gasteiger partial charge in [0.2, 0.25) is 0 Å². The van der Waals surface area contributed by atoms with Gasteiger partial charge in [0.1, 0.15) is 43.2 Å². The van der Waals surface area contributed by atoms with Gasteiger partial charge in [-0.1, -0.05) is 124 Å². The largest absolute Gasteiger partial charge is 0.472 e. The molecule has 61 heavy (non-hydrogen) atoms. The Morgan fingerprint density at radius 1 is 0.525 bits per heavy atom. The monoisotopic (exact) mass is 878 g/mol. The predicted octanol–water partition coefficient (Wildman–Crippen LogP) is 8.27. The van der Waals surface area contributed by atoms with E-state index >= 15 is 0 Å². The molecule has 6 N–H and O–H groups in total. The van der Waals surface area contributed by atoms with Gasteiger partial charge in [-0.3, -0.25) is 18.6 Å². The zero-order chi connectivity index (χ0) is 45.0. The maximum absolute atomic E-state index is 12.8. The third-order valence-electron chi connectivity index (χ3n) is 9.41. The first kappa shape index (κ1) is 55.8. The lowest BCUT2D eigenvalue weighted by atomic mass is 9.85. The van der Waals surface area contributed by atoms with Crippen molar-refractivity contribution in [3.8, 4) is 0 Å². The van der Waals surface area contributed by atoms with Crippen LogP contribution in [0.3, 0.4) is 0 Å². The van der Waals surface area contributed by atoms with Crippen LogP contribution in [0.1, 0.15) is 129 Å². The van der Waals surface area contributed by atoms with E-state index < -0.39 is 75.7 Å². The van der Waals surface area contributed by atoms with Gasteiger partial charge in [0, 0.05) is 12.8 Å². The minimum atomic E-state index is -5.15. The van der Waals surface area contributed by atoms with Crippen LogP contribution in [0.2, 0.25) is 0 Å². The highest BCUT2D eigenvalue weighted by Crippen LogP contribution is 2.47. The Morgan fingerprint density at radius 2 is 0.934 bits per heavy atom. The summed E-state index contributed by atoms with van der Waals surface area (Å²) >= 11 is 0. The molecule has 1 rings (SSSR count). The molecule has 0 saturated heterocycles. The lowest BCUT2D eigenvalue weighted by Crippen LogP contribution is -2.64. The first-order chi connectivity index (χ1) is 29.4. The molecule has 6 unspecified atom stereocenters. The highest BCUT2D eigenvalue weighted by molar-refractivity contribution is 7.47. The third-order valence-corrected chi connectivity index (χ3v) is 10.4. The summed E-state index contributed by atoms with van der Waals surface area (Å²) in [6.45, 7) is 3.05. The number of ether oxygens (including phenoxy) is 2. The Hall–Kier alpha value is -3.23. The second-order valence-electron chi connectivity index (χ2n) is 14.8. The van der Waals surface area contributed by atoms with Gasteiger partial charge in [0.15, 0.2) is 6.10 Å². The van der Waals surface area contributed by atoms with Crippen molar-refractivity contribution in [3.63, 3.8) is 0 Å².